The Kier molecular flexibility index (Phi) is 9.05. The van der Waals surface area contributed by atoms with Crippen LogP contribution in [0.4, 0.5) is 18.0 Å². The van der Waals surface area contributed by atoms with Crippen molar-refractivity contribution < 1.29 is 27.5 Å². The number of urea groups is 1. The molecule has 0 saturated carbocycles. The summed E-state index contributed by atoms with van der Waals surface area (Å²) in [6.45, 7) is 4.22. The van der Waals surface area contributed by atoms with Gasteiger partial charge in [0.15, 0.2) is 0 Å². The molecule has 2 amide bonds. The summed E-state index contributed by atoms with van der Waals surface area (Å²) in [6.07, 6.45) is -4.60. The van der Waals surface area contributed by atoms with Gasteiger partial charge in [0.2, 0.25) is 0 Å². The highest BCUT2D eigenvalue weighted by atomic mass is 19.4. The molecule has 1 aromatic heterocycles. The molecule has 0 atom stereocenters. The van der Waals surface area contributed by atoms with E-state index < -0.39 is 23.7 Å². The molecule has 0 saturated heterocycles. The normalized spacial score (nSPS) is 11.1. The van der Waals surface area contributed by atoms with Crippen molar-refractivity contribution in [2.45, 2.75) is 39.5 Å². The number of nitrogens with one attached hydrogen (secondary N) is 1. The zero-order valence-electron chi connectivity index (χ0n) is 20.1. The SMILES string of the molecule is CCOC(=O)Cc1cccc(-c2ccc(C(F)(F)F)cc2CN(CC)C(=O)NCc2ccccc2)n1. The lowest BCUT2D eigenvalue weighted by molar-refractivity contribution is -0.142. The van der Waals surface area contributed by atoms with Crippen LogP contribution < -0.4 is 5.32 Å². The summed E-state index contributed by atoms with van der Waals surface area (Å²) in [5.74, 6) is -0.443. The smallest absolute Gasteiger partial charge is 0.416 e. The van der Waals surface area contributed by atoms with Crippen molar-refractivity contribution in [2.24, 2.45) is 0 Å². The Morgan fingerprint density at radius 1 is 1.00 bits per heavy atom. The van der Waals surface area contributed by atoms with E-state index in [4.69, 9.17) is 4.74 Å². The van der Waals surface area contributed by atoms with Crippen LogP contribution in [0, 0.1) is 0 Å². The summed E-state index contributed by atoms with van der Waals surface area (Å²) >= 11 is 0. The molecule has 2 aromatic carbocycles. The topological polar surface area (TPSA) is 71.5 Å². The van der Waals surface area contributed by atoms with Crippen LogP contribution in [0.15, 0.2) is 66.7 Å². The van der Waals surface area contributed by atoms with Gasteiger partial charge in [-0.3, -0.25) is 9.78 Å². The molecule has 0 aliphatic heterocycles. The third-order valence-electron chi connectivity index (χ3n) is 5.46. The summed E-state index contributed by atoms with van der Waals surface area (Å²) in [5.41, 5.74) is 1.67. The molecule has 0 fully saturated rings. The first-order valence-corrected chi connectivity index (χ1v) is 11.6. The highest BCUT2D eigenvalue weighted by Crippen LogP contribution is 2.33. The standard InChI is InChI=1S/C27H28F3N3O3/c1-3-33(26(35)31-17-19-9-6-5-7-10-19)18-20-15-21(27(28,29)30)13-14-23(20)24-12-8-11-22(32-24)16-25(34)36-4-2/h5-15H,3-4,16-18H2,1-2H3,(H,31,35). The van der Waals surface area contributed by atoms with Gasteiger partial charge in [-0.15, -0.1) is 0 Å². The maximum Gasteiger partial charge on any atom is 0.416 e. The van der Waals surface area contributed by atoms with Gasteiger partial charge in [-0.1, -0.05) is 42.5 Å². The molecule has 9 heteroatoms. The number of carbonyl (C=O) groups excluding carboxylic acids is 2. The van der Waals surface area contributed by atoms with Crippen molar-refractivity contribution in [3.8, 4) is 11.3 Å². The van der Waals surface area contributed by atoms with Crippen molar-refractivity contribution in [3.63, 3.8) is 0 Å². The van der Waals surface area contributed by atoms with Crippen LogP contribution in [0.5, 0.6) is 0 Å². The van der Waals surface area contributed by atoms with Gasteiger partial charge in [-0.25, -0.2) is 4.79 Å². The second kappa shape index (κ2) is 12.2. The molecule has 0 spiro atoms. The van der Waals surface area contributed by atoms with E-state index in [1.807, 2.05) is 30.3 Å². The number of halogens is 3. The van der Waals surface area contributed by atoms with E-state index >= 15 is 0 Å². The molecule has 3 aromatic rings. The van der Waals surface area contributed by atoms with Crippen LogP contribution in [-0.4, -0.2) is 35.0 Å². The maximum absolute atomic E-state index is 13.5. The van der Waals surface area contributed by atoms with Crippen LogP contribution in [0.3, 0.4) is 0 Å². The van der Waals surface area contributed by atoms with E-state index in [-0.39, 0.29) is 26.1 Å². The summed E-state index contributed by atoms with van der Waals surface area (Å²) < 4.78 is 45.5. The quantitative estimate of drug-likeness (QED) is 0.389. The fourth-order valence-electron chi connectivity index (χ4n) is 3.66. The monoisotopic (exact) mass is 499 g/mol. The second-order valence-electron chi connectivity index (χ2n) is 8.02. The molecule has 190 valence electrons. The number of aromatic nitrogens is 1. The fourth-order valence-corrected chi connectivity index (χ4v) is 3.66. The van der Waals surface area contributed by atoms with Crippen molar-refractivity contribution in [3.05, 3.63) is 89.1 Å². The van der Waals surface area contributed by atoms with E-state index in [0.29, 0.717) is 29.1 Å². The molecule has 0 bridgehead atoms. The molecule has 0 aliphatic carbocycles. The van der Waals surface area contributed by atoms with Crippen molar-refractivity contribution in [1.82, 2.24) is 15.2 Å². The first-order valence-electron chi connectivity index (χ1n) is 11.6. The number of amides is 2. The van der Waals surface area contributed by atoms with E-state index in [1.165, 1.54) is 11.0 Å². The van der Waals surface area contributed by atoms with Gasteiger partial charge in [0.25, 0.3) is 0 Å². The first-order chi connectivity index (χ1) is 17.2. The minimum absolute atomic E-state index is 0.0549. The Morgan fingerprint density at radius 3 is 2.42 bits per heavy atom. The Balaban J connectivity index is 1.89. The van der Waals surface area contributed by atoms with Crippen LogP contribution in [0.25, 0.3) is 11.3 Å². The van der Waals surface area contributed by atoms with Crippen LogP contribution >= 0.6 is 0 Å². The number of hydrogen-bond acceptors (Lipinski definition) is 4. The minimum Gasteiger partial charge on any atom is -0.466 e. The zero-order chi connectivity index (χ0) is 26.1. The predicted molar refractivity (Wildman–Crippen MR) is 130 cm³/mol. The largest absolute Gasteiger partial charge is 0.466 e. The van der Waals surface area contributed by atoms with Gasteiger partial charge in [-0.2, -0.15) is 13.2 Å². The number of ether oxygens (including phenoxy) is 1. The van der Waals surface area contributed by atoms with Gasteiger partial charge in [0.1, 0.15) is 0 Å². The Labute approximate surface area is 208 Å². The second-order valence-corrected chi connectivity index (χ2v) is 8.02. The van der Waals surface area contributed by atoms with Crippen molar-refractivity contribution in [2.75, 3.05) is 13.2 Å². The number of alkyl halides is 3. The van der Waals surface area contributed by atoms with Crippen LogP contribution in [-0.2, 0) is 35.2 Å². The minimum atomic E-state index is -4.54. The number of rotatable bonds is 9. The fraction of sp³-hybridized carbons (Fsp3) is 0.296. The van der Waals surface area contributed by atoms with E-state index in [2.05, 4.69) is 10.3 Å². The van der Waals surface area contributed by atoms with Gasteiger partial charge >= 0.3 is 18.2 Å². The molecule has 3 rings (SSSR count). The third-order valence-corrected chi connectivity index (χ3v) is 5.46. The lowest BCUT2D eigenvalue weighted by Gasteiger charge is -2.24. The number of hydrogen-bond donors (Lipinski definition) is 1. The summed E-state index contributed by atoms with van der Waals surface area (Å²) in [5, 5.41) is 2.81. The Morgan fingerprint density at radius 2 is 1.75 bits per heavy atom. The summed E-state index contributed by atoms with van der Waals surface area (Å²) in [4.78, 5) is 30.6. The van der Waals surface area contributed by atoms with Crippen molar-refractivity contribution >= 4 is 12.0 Å². The molecule has 1 heterocycles. The van der Waals surface area contributed by atoms with Crippen molar-refractivity contribution in [1.29, 1.82) is 0 Å². The lowest BCUT2D eigenvalue weighted by Crippen LogP contribution is -2.39. The molecule has 0 aliphatic rings. The molecular weight excluding hydrogens is 471 g/mol. The number of esters is 1. The zero-order valence-corrected chi connectivity index (χ0v) is 20.1. The highest BCUT2D eigenvalue weighted by molar-refractivity contribution is 5.75. The van der Waals surface area contributed by atoms with Gasteiger partial charge in [0.05, 0.1) is 30.0 Å². The first kappa shape index (κ1) is 26.7. The summed E-state index contributed by atoms with van der Waals surface area (Å²) in [7, 11) is 0. The third kappa shape index (κ3) is 7.31. The molecule has 36 heavy (non-hydrogen) atoms. The average Bonchev–Trinajstić information content (AvgIpc) is 2.86. The predicted octanol–water partition coefficient (Wildman–Crippen LogP) is 5.60. The van der Waals surface area contributed by atoms with Gasteiger partial charge in [0, 0.05) is 25.2 Å². The Hall–Kier alpha value is -3.88. The highest BCUT2D eigenvalue weighted by Gasteiger charge is 2.31. The molecule has 1 N–H and O–H groups in total. The number of benzene rings is 2. The van der Waals surface area contributed by atoms with Gasteiger partial charge in [-0.05, 0) is 49.2 Å². The number of carbonyl (C=O) groups is 2. The van der Waals surface area contributed by atoms with Crippen LogP contribution in [0.1, 0.15) is 36.2 Å². The van der Waals surface area contributed by atoms with E-state index in [0.717, 1.165) is 17.7 Å². The van der Waals surface area contributed by atoms with Gasteiger partial charge < -0.3 is 15.0 Å². The molecular formula is C27H28F3N3O3. The lowest BCUT2D eigenvalue weighted by atomic mass is 9.99. The van der Waals surface area contributed by atoms with E-state index in [1.54, 1.807) is 32.0 Å². The van der Waals surface area contributed by atoms with Crippen LogP contribution in [0.2, 0.25) is 0 Å². The maximum atomic E-state index is 13.5. The van der Waals surface area contributed by atoms with E-state index in [9.17, 15) is 22.8 Å². The molecule has 6 nitrogen and oxygen atoms in total. The Bertz CT molecular complexity index is 1180. The number of pyridine rings is 1. The number of nitrogens with zero attached hydrogens (tertiary/aromatic N) is 2. The average molecular weight is 500 g/mol. The summed E-state index contributed by atoms with van der Waals surface area (Å²) in [6, 6.07) is 17.3. The molecule has 0 unspecified atom stereocenters. The molecule has 0 radical (unpaired) electrons.